The van der Waals surface area contributed by atoms with Gasteiger partial charge in [0, 0.05) is 22.3 Å². The van der Waals surface area contributed by atoms with Crippen LogP contribution in [-0.4, -0.2) is 15.3 Å². The number of rotatable bonds is 0. The van der Waals surface area contributed by atoms with E-state index in [1.54, 1.807) is 48.5 Å². The summed E-state index contributed by atoms with van der Waals surface area (Å²) in [6.07, 6.45) is 0. The van der Waals surface area contributed by atoms with E-state index in [-0.39, 0.29) is 17.2 Å². The van der Waals surface area contributed by atoms with Gasteiger partial charge in [0.25, 0.3) is 0 Å². The summed E-state index contributed by atoms with van der Waals surface area (Å²) in [5, 5.41) is 30.5. The molecule has 0 aliphatic rings. The Morgan fingerprint density at radius 2 is 0.585 bits per heavy atom. The van der Waals surface area contributed by atoms with Crippen LogP contribution in [0.4, 0.5) is 0 Å². The molecule has 0 amide bonds. The Morgan fingerprint density at radius 1 is 0.293 bits per heavy atom. The Balaban J connectivity index is 1.27. The van der Waals surface area contributed by atoms with Crippen molar-refractivity contribution in [1.29, 1.82) is 0 Å². The van der Waals surface area contributed by atoms with Gasteiger partial charge in [-0.25, -0.2) is 0 Å². The van der Waals surface area contributed by atoms with Gasteiger partial charge in [-0.05, 0) is 84.9 Å². The Morgan fingerprint density at radius 3 is 0.927 bits per heavy atom. The van der Waals surface area contributed by atoms with Gasteiger partial charge in [0.05, 0.1) is 22.3 Å². The van der Waals surface area contributed by atoms with E-state index in [2.05, 4.69) is 47.4 Å². The van der Waals surface area contributed by atoms with Crippen molar-refractivity contribution in [1.82, 2.24) is 0 Å². The van der Waals surface area contributed by atoms with Crippen molar-refractivity contribution in [3.05, 3.63) is 160 Å². The van der Waals surface area contributed by atoms with E-state index in [0.717, 1.165) is 22.3 Å². The molecule has 5 rings (SSSR count). The summed E-state index contributed by atoms with van der Waals surface area (Å²) in [6.45, 7) is 0. The maximum Gasteiger partial charge on any atom is 0.146 e. The topological polar surface area (TPSA) is 60.7 Å². The van der Waals surface area contributed by atoms with Gasteiger partial charge in [0.1, 0.15) is 17.2 Å². The van der Waals surface area contributed by atoms with Crippen molar-refractivity contribution in [2.24, 2.45) is 0 Å². The van der Waals surface area contributed by atoms with Crippen LogP contribution < -0.4 is 0 Å². The van der Waals surface area contributed by atoms with Gasteiger partial charge < -0.3 is 15.3 Å². The largest absolute Gasteiger partial charge is 0.507 e. The van der Waals surface area contributed by atoms with Gasteiger partial charge in [0.2, 0.25) is 0 Å². The zero-order valence-electron chi connectivity index (χ0n) is 21.8. The maximum absolute atomic E-state index is 10.8. The molecule has 0 bridgehead atoms. The number of aromatic hydroxyl groups is 3. The van der Waals surface area contributed by atoms with Crippen molar-refractivity contribution in [3.8, 4) is 64.6 Å². The van der Waals surface area contributed by atoms with E-state index in [1.165, 1.54) is 0 Å². The minimum atomic E-state index is 0.0304. The number of phenolic OH excluding ortho intramolecular Hbond substituents is 3. The first-order valence-corrected chi connectivity index (χ1v) is 12.7. The fourth-order valence-corrected chi connectivity index (χ4v) is 3.74. The lowest BCUT2D eigenvalue weighted by atomic mass is 10.1. The number of hydrogen-bond acceptors (Lipinski definition) is 3. The molecular weight excluding hydrogens is 504 g/mol. The second-order valence-electron chi connectivity index (χ2n) is 8.89. The van der Waals surface area contributed by atoms with Gasteiger partial charge in [-0.2, -0.15) is 0 Å². The summed E-state index contributed by atoms with van der Waals surface area (Å²) in [6, 6.07) is 34.1. The van der Waals surface area contributed by atoms with Crippen molar-refractivity contribution < 1.29 is 15.3 Å². The molecule has 5 aromatic rings. The molecule has 0 spiro atoms. The van der Waals surface area contributed by atoms with Crippen LogP contribution in [0.2, 0.25) is 0 Å². The normalized spacial score (nSPS) is 9.46. The summed E-state index contributed by atoms with van der Waals surface area (Å²) in [7, 11) is 0. The van der Waals surface area contributed by atoms with Crippen molar-refractivity contribution in [2.45, 2.75) is 0 Å². The molecule has 0 saturated heterocycles. The Labute approximate surface area is 239 Å². The number of benzene rings is 5. The van der Waals surface area contributed by atoms with Crippen LogP contribution in [-0.2, 0) is 0 Å². The third-order valence-corrected chi connectivity index (χ3v) is 5.98. The molecule has 0 radical (unpaired) electrons. The predicted octanol–water partition coefficient (Wildman–Crippen LogP) is 6.40. The van der Waals surface area contributed by atoms with Gasteiger partial charge >= 0.3 is 0 Å². The van der Waals surface area contributed by atoms with Gasteiger partial charge in [-0.3, -0.25) is 0 Å². The molecule has 0 aliphatic carbocycles. The highest BCUT2D eigenvalue weighted by molar-refractivity contribution is 5.59. The van der Waals surface area contributed by atoms with Crippen LogP contribution in [0.3, 0.4) is 0 Å². The fraction of sp³-hybridized carbons (Fsp3) is 0. The molecule has 0 heterocycles. The Hall–Kier alpha value is -6.26. The third kappa shape index (κ3) is 6.99. The highest BCUT2D eigenvalue weighted by atomic mass is 16.3. The van der Waals surface area contributed by atoms with Crippen LogP contribution in [0.5, 0.6) is 17.2 Å². The van der Waals surface area contributed by atoms with E-state index in [0.29, 0.717) is 22.3 Å². The first kappa shape index (κ1) is 26.4. The zero-order chi connectivity index (χ0) is 28.4. The van der Waals surface area contributed by atoms with E-state index >= 15 is 0 Å². The first-order valence-electron chi connectivity index (χ1n) is 12.7. The van der Waals surface area contributed by atoms with Crippen LogP contribution in [0.25, 0.3) is 0 Å². The standard InChI is InChI=1S/C38H22O3/c39-36-10-3-1-6-32(36)24-20-28-12-16-30(17-13-28)22-26-34-8-5-9-35(38(34)41)27-23-31-18-14-29(15-19-31)21-25-33-7-2-4-11-37(33)40/h1-19,39-41H. The molecule has 0 atom stereocenters. The highest BCUT2D eigenvalue weighted by Crippen LogP contribution is 2.21. The number of hydrogen-bond donors (Lipinski definition) is 3. The molecule has 3 nitrogen and oxygen atoms in total. The molecule has 0 saturated carbocycles. The first-order chi connectivity index (χ1) is 20.0. The lowest BCUT2D eigenvalue weighted by molar-refractivity contribution is 0.472. The van der Waals surface area contributed by atoms with Crippen LogP contribution >= 0.6 is 0 Å². The van der Waals surface area contributed by atoms with Gasteiger partial charge in [-0.15, -0.1) is 0 Å². The molecule has 192 valence electrons. The number of para-hydroxylation sites is 3. The van der Waals surface area contributed by atoms with Gasteiger partial charge in [0.15, 0.2) is 0 Å². The smallest absolute Gasteiger partial charge is 0.146 e. The van der Waals surface area contributed by atoms with Crippen molar-refractivity contribution in [2.75, 3.05) is 0 Å². The maximum atomic E-state index is 10.8. The molecule has 0 fully saturated rings. The van der Waals surface area contributed by atoms with Gasteiger partial charge in [-0.1, -0.05) is 77.7 Å². The van der Waals surface area contributed by atoms with Crippen molar-refractivity contribution >= 4 is 0 Å². The molecule has 5 aromatic carbocycles. The van der Waals surface area contributed by atoms with E-state index in [9.17, 15) is 15.3 Å². The van der Waals surface area contributed by atoms with Crippen LogP contribution in [0.15, 0.2) is 115 Å². The average Bonchev–Trinajstić information content (AvgIpc) is 3.00. The van der Waals surface area contributed by atoms with E-state index < -0.39 is 0 Å². The lowest BCUT2D eigenvalue weighted by Crippen LogP contribution is -1.84. The molecular formula is C38H22O3. The summed E-state index contributed by atoms with van der Waals surface area (Å²) in [5.74, 6) is 24.5. The molecule has 3 N–H and O–H groups in total. The number of phenols is 3. The molecule has 3 heteroatoms. The molecule has 0 aliphatic heterocycles. The zero-order valence-corrected chi connectivity index (χ0v) is 21.8. The average molecular weight is 527 g/mol. The predicted molar refractivity (Wildman–Crippen MR) is 161 cm³/mol. The minimum Gasteiger partial charge on any atom is -0.507 e. The fourth-order valence-electron chi connectivity index (χ4n) is 3.74. The summed E-state index contributed by atoms with van der Waals surface area (Å²) in [5.41, 5.74) is 5.26. The van der Waals surface area contributed by atoms with Crippen LogP contribution in [0, 0.1) is 47.4 Å². The highest BCUT2D eigenvalue weighted by Gasteiger charge is 2.03. The van der Waals surface area contributed by atoms with E-state index in [4.69, 9.17) is 0 Å². The quantitative estimate of drug-likeness (QED) is 0.205. The summed E-state index contributed by atoms with van der Waals surface area (Å²) in [4.78, 5) is 0. The molecule has 0 aromatic heterocycles. The van der Waals surface area contributed by atoms with E-state index in [1.807, 2.05) is 66.7 Å². The Bertz CT molecular complexity index is 1830. The molecule has 41 heavy (non-hydrogen) atoms. The summed E-state index contributed by atoms with van der Waals surface area (Å²) >= 11 is 0. The summed E-state index contributed by atoms with van der Waals surface area (Å²) < 4.78 is 0. The second-order valence-corrected chi connectivity index (χ2v) is 8.89. The minimum absolute atomic E-state index is 0.0304. The lowest BCUT2D eigenvalue weighted by Gasteiger charge is -2.00. The van der Waals surface area contributed by atoms with Crippen LogP contribution in [0.1, 0.15) is 44.5 Å². The molecule has 0 unspecified atom stereocenters. The monoisotopic (exact) mass is 526 g/mol. The van der Waals surface area contributed by atoms with Crippen molar-refractivity contribution in [3.63, 3.8) is 0 Å². The Kier molecular flexibility index (Phi) is 8.05. The third-order valence-electron chi connectivity index (χ3n) is 5.98. The SMILES string of the molecule is Oc1ccccc1C#Cc1ccc(C#Cc2cccc(C#Cc3ccc(C#Cc4ccccc4O)cc3)c2O)cc1. The second kappa shape index (κ2) is 12.5.